The van der Waals surface area contributed by atoms with Crippen LogP contribution >= 0.6 is 0 Å². The molecule has 3 rings (SSSR count). The minimum Gasteiger partial charge on any atom is -0.462 e. The fourth-order valence-electron chi connectivity index (χ4n) is 7.20. The van der Waals surface area contributed by atoms with Crippen LogP contribution in [0.25, 0.3) is 0 Å². The first-order chi connectivity index (χ1) is 24.6. The van der Waals surface area contributed by atoms with Gasteiger partial charge >= 0.3 is 5.97 Å². The first-order valence-corrected chi connectivity index (χ1v) is 18.2. The molecule has 52 heavy (non-hydrogen) atoms. The predicted molar refractivity (Wildman–Crippen MR) is 186 cm³/mol. The van der Waals surface area contributed by atoms with Gasteiger partial charge in [-0.1, -0.05) is 38.5 Å². The number of ether oxygens (including phenoxy) is 7. The molecule has 2 fully saturated rings. The van der Waals surface area contributed by atoms with Crippen molar-refractivity contribution in [3.05, 3.63) is 23.8 Å². The molecule has 3 aliphatic rings. The number of aldehydes is 1. The number of carbonyl (C=O) groups is 3. The first kappa shape index (κ1) is 44.2. The summed E-state index contributed by atoms with van der Waals surface area (Å²) in [5.74, 6) is -3.46. The van der Waals surface area contributed by atoms with Crippen LogP contribution < -0.4 is 5.73 Å². The lowest BCUT2D eigenvalue weighted by atomic mass is 9.79. The van der Waals surface area contributed by atoms with Crippen molar-refractivity contribution in [2.45, 2.75) is 147 Å². The number of ketones is 1. The fourth-order valence-corrected chi connectivity index (χ4v) is 7.20. The molecule has 15 heteroatoms. The molecule has 0 amide bonds. The van der Waals surface area contributed by atoms with E-state index in [4.69, 9.17) is 38.9 Å². The Kier molecular flexibility index (Phi) is 17.5. The van der Waals surface area contributed by atoms with Crippen LogP contribution in [-0.4, -0.2) is 139 Å². The standard InChI is InChI=1S/C37H61NO14/c1-9-27-24(17-48-37-35(47-8)34(46-7)31(44)22(6)50-37)14-18(2)10-11-25(40)19(3)15-23(12-13-39)33(20(4)26(41)16-28(42)51-27)52-36-32(45)29(38)30(43)21(5)49-36/h10-11,13-14,19-24,26-27,29-37,41,43-45H,9,12,15-17,38H2,1-8H3/b11-10+,18-14+. The third-order valence-electron chi connectivity index (χ3n) is 10.6. The van der Waals surface area contributed by atoms with Crippen LogP contribution in [0.15, 0.2) is 23.8 Å². The summed E-state index contributed by atoms with van der Waals surface area (Å²) < 4.78 is 41.2. The lowest BCUT2D eigenvalue weighted by Gasteiger charge is -2.43. The van der Waals surface area contributed by atoms with Gasteiger partial charge in [0.15, 0.2) is 18.4 Å². The second kappa shape index (κ2) is 20.5. The zero-order valence-electron chi connectivity index (χ0n) is 31.6. The fraction of sp³-hybridized carbons (Fsp3) is 0.811. The number of hydrogen-bond acceptors (Lipinski definition) is 15. The van der Waals surface area contributed by atoms with Gasteiger partial charge in [-0.2, -0.15) is 0 Å². The number of aliphatic hydroxyl groups is 4. The zero-order chi connectivity index (χ0) is 38.9. The van der Waals surface area contributed by atoms with Crippen molar-refractivity contribution < 1.29 is 68.0 Å². The van der Waals surface area contributed by atoms with E-state index in [1.165, 1.54) is 20.3 Å². The van der Waals surface area contributed by atoms with Crippen LogP contribution in [0.1, 0.15) is 67.2 Å². The van der Waals surface area contributed by atoms with E-state index in [9.17, 15) is 34.8 Å². The third kappa shape index (κ3) is 11.2. The van der Waals surface area contributed by atoms with E-state index >= 15 is 0 Å². The maximum atomic E-state index is 13.5. The first-order valence-electron chi connectivity index (χ1n) is 18.2. The lowest BCUT2D eigenvalue weighted by molar-refractivity contribution is -0.304. The lowest BCUT2D eigenvalue weighted by Crippen LogP contribution is -2.62. The molecule has 0 saturated carbocycles. The third-order valence-corrected chi connectivity index (χ3v) is 10.6. The van der Waals surface area contributed by atoms with Gasteiger partial charge in [0, 0.05) is 38.4 Å². The summed E-state index contributed by atoms with van der Waals surface area (Å²) in [6, 6.07) is -1.09. The highest BCUT2D eigenvalue weighted by Gasteiger charge is 2.47. The van der Waals surface area contributed by atoms with Crippen LogP contribution in [0, 0.1) is 23.7 Å². The summed E-state index contributed by atoms with van der Waals surface area (Å²) in [7, 11) is 2.92. The van der Waals surface area contributed by atoms with Crippen LogP contribution in [0.5, 0.6) is 0 Å². The Morgan fingerprint density at radius 2 is 1.54 bits per heavy atom. The largest absolute Gasteiger partial charge is 0.462 e. The predicted octanol–water partition coefficient (Wildman–Crippen LogP) is 0.960. The van der Waals surface area contributed by atoms with Gasteiger partial charge in [-0.25, -0.2) is 0 Å². The number of allylic oxidation sites excluding steroid dienone is 3. The highest BCUT2D eigenvalue weighted by atomic mass is 16.7. The smallest absolute Gasteiger partial charge is 0.308 e. The van der Waals surface area contributed by atoms with Crippen molar-refractivity contribution in [3.63, 3.8) is 0 Å². The minimum absolute atomic E-state index is 0.00626. The monoisotopic (exact) mass is 743 g/mol. The summed E-state index contributed by atoms with van der Waals surface area (Å²) >= 11 is 0. The molecular weight excluding hydrogens is 682 g/mol. The second-order valence-electron chi connectivity index (χ2n) is 14.5. The van der Waals surface area contributed by atoms with E-state index in [-0.39, 0.29) is 25.2 Å². The Morgan fingerprint density at radius 1 is 0.904 bits per heavy atom. The van der Waals surface area contributed by atoms with Gasteiger partial charge in [-0.05, 0) is 45.6 Å². The van der Waals surface area contributed by atoms with E-state index in [1.54, 1.807) is 40.7 Å². The second-order valence-corrected chi connectivity index (χ2v) is 14.5. The van der Waals surface area contributed by atoms with Gasteiger partial charge in [-0.3, -0.25) is 9.59 Å². The van der Waals surface area contributed by atoms with Gasteiger partial charge in [0.05, 0.1) is 49.6 Å². The van der Waals surface area contributed by atoms with Gasteiger partial charge in [0.1, 0.15) is 36.8 Å². The van der Waals surface area contributed by atoms with Gasteiger partial charge in [0.2, 0.25) is 0 Å². The molecule has 3 heterocycles. The number of nitrogens with two attached hydrogens (primary N) is 1. The summed E-state index contributed by atoms with van der Waals surface area (Å²) in [5, 5.41) is 43.2. The van der Waals surface area contributed by atoms with Crippen LogP contribution in [0.4, 0.5) is 0 Å². The number of carbonyl (C=O) groups excluding carboxylic acids is 3. The molecule has 2 saturated heterocycles. The Hall–Kier alpha value is -2.15. The maximum absolute atomic E-state index is 13.5. The molecule has 15 nitrogen and oxygen atoms in total. The Balaban J connectivity index is 1.95. The van der Waals surface area contributed by atoms with Crippen LogP contribution in [0.3, 0.4) is 0 Å². The number of aliphatic hydroxyl groups excluding tert-OH is 4. The molecule has 0 aromatic carbocycles. The van der Waals surface area contributed by atoms with Gasteiger partial charge in [0.25, 0.3) is 0 Å². The maximum Gasteiger partial charge on any atom is 0.308 e. The summed E-state index contributed by atoms with van der Waals surface area (Å²) in [4.78, 5) is 38.8. The molecule has 0 aromatic heterocycles. The molecule has 17 atom stereocenters. The Labute approximate surface area is 306 Å². The molecule has 298 valence electrons. The minimum atomic E-state index is -1.44. The molecule has 0 aliphatic carbocycles. The number of hydrogen-bond donors (Lipinski definition) is 5. The topological polar surface area (TPSA) is 223 Å². The van der Waals surface area contributed by atoms with Gasteiger partial charge in [-0.15, -0.1) is 0 Å². The highest BCUT2D eigenvalue weighted by molar-refractivity contribution is 5.91. The van der Waals surface area contributed by atoms with E-state index in [0.717, 1.165) is 0 Å². The highest BCUT2D eigenvalue weighted by Crippen LogP contribution is 2.34. The van der Waals surface area contributed by atoms with Crippen molar-refractivity contribution in [2.75, 3.05) is 20.8 Å². The molecule has 0 bridgehead atoms. The number of methoxy groups -OCH3 is 2. The Morgan fingerprint density at radius 3 is 2.15 bits per heavy atom. The average molecular weight is 744 g/mol. The Bertz CT molecular complexity index is 1210. The summed E-state index contributed by atoms with van der Waals surface area (Å²) in [6.45, 7) is 10.3. The molecule has 0 aromatic rings. The van der Waals surface area contributed by atoms with E-state index in [2.05, 4.69) is 0 Å². The molecule has 17 unspecified atom stereocenters. The molecule has 0 spiro atoms. The SMILES string of the molecule is CCC1OC(=O)CC(O)C(C)C(OC2OC(C)C(O)C(N)C2O)C(CC=O)CC(C)C(=O)/C=C/C(C)=C/C1COC1OC(C)C(O)C(OC)C1OC. The van der Waals surface area contributed by atoms with Crippen molar-refractivity contribution in [2.24, 2.45) is 29.4 Å². The van der Waals surface area contributed by atoms with E-state index < -0.39 is 116 Å². The van der Waals surface area contributed by atoms with Gasteiger partial charge < -0.3 is 64.1 Å². The molecular formula is C37H61NO14. The number of esters is 1. The van der Waals surface area contributed by atoms with Crippen molar-refractivity contribution in [1.29, 1.82) is 0 Å². The normalized spacial score (nSPS) is 44.7. The number of cyclic esters (lactones) is 1. The average Bonchev–Trinajstić information content (AvgIpc) is 3.11. The summed E-state index contributed by atoms with van der Waals surface area (Å²) in [6.07, 6.45) is -5.97. The van der Waals surface area contributed by atoms with Crippen LogP contribution in [-0.2, 0) is 47.5 Å². The molecule has 0 radical (unpaired) electrons. The molecule has 6 N–H and O–H groups in total. The summed E-state index contributed by atoms with van der Waals surface area (Å²) in [5.41, 5.74) is 6.74. The van der Waals surface area contributed by atoms with Crippen molar-refractivity contribution >= 4 is 18.0 Å². The zero-order valence-corrected chi connectivity index (χ0v) is 31.6. The van der Waals surface area contributed by atoms with Crippen molar-refractivity contribution in [1.82, 2.24) is 0 Å². The van der Waals surface area contributed by atoms with Crippen molar-refractivity contribution in [3.8, 4) is 0 Å². The van der Waals surface area contributed by atoms with E-state index in [1.807, 2.05) is 13.0 Å². The van der Waals surface area contributed by atoms with E-state index in [0.29, 0.717) is 18.3 Å². The number of rotatable bonds is 10. The quantitative estimate of drug-likeness (QED) is 0.155. The van der Waals surface area contributed by atoms with Crippen LogP contribution in [0.2, 0.25) is 0 Å². The molecule has 3 aliphatic heterocycles.